The number of alkyl halides is 1. The first-order chi connectivity index (χ1) is 10.2. The Hall–Kier alpha value is -1.85. The Kier molecular flexibility index (Phi) is 5.78. The second kappa shape index (κ2) is 7.81. The lowest BCUT2D eigenvalue weighted by molar-refractivity contribution is -0.105. The van der Waals surface area contributed by atoms with Gasteiger partial charge >= 0.3 is 0 Å². The average molecular weight is 350 g/mol. The van der Waals surface area contributed by atoms with Crippen LogP contribution in [0.25, 0.3) is 0 Å². The number of nitrogens with one attached hydrogen (secondary N) is 1. The summed E-state index contributed by atoms with van der Waals surface area (Å²) in [5.41, 5.74) is 2.62. The number of anilines is 1. The van der Waals surface area contributed by atoms with E-state index in [9.17, 15) is 9.90 Å². The van der Waals surface area contributed by atoms with Crippen molar-refractivity contribution < 1.29 is 14.6 Å². The normalized spacial score (nSPS) is 12.7. The molecule has 4 nitrogen and oxygen atoms in total. The van der Waals surface area contributed by atoms with Gasteiger partial charge < -0.3 is 15.2 Å². The second-order valence-corrected chi connectivity index (χ2v) is 5.10. The van der Waals surface area contributed by atoms with Crippen molar-refractivity contribution in [2.75, 3.05) is 10.6 Å². The van der Waals surface area contributed by atoms with Gasteiger partial charge in [-0.05, 0) is 23.8 Å². The topological polar surface area (TPSA) is 58.6 Å². The largest absolute Gasteiger partial charge is 0.489 e. The molecule has 0 radical (unpaired) electrons. The van der Waals surface area contributed by atoms with Gasteiger partial charge in [0.1, 0.15) is 12.4 Å². The van der Waals surface area contributed by atoms with Crippen LogP contribution in [-0.4, -0.2) is 16.8 Å². The molecule has 0 aromatic heterocycles. The van der Waals surface area contributed by atoms with Gasteiger partial charge in [0.25, 0.3) is 0 Å². The molecule has 0 saturated carbocycles. The van der Waals surface area contributed by atoms with Crippen LogP contribution in [0.2, 0.25) is 0 Å². The molecule has 0 spiro atoms. The molecule has 4 rings (SSSR count). The minimum Gasteiger partial charge on any atom is -0.489 e. The van der Waals surface area contributed by atoms with E-state index in [0.29, 0.717) is 23.0 Å². The van der Waals surface area contributed by atoms with Crippen LogP contribution in [-0.2, 0) is 11.4 Å². The third-order valence-electron chi connectivity index (χ3n) is 3.01. The Morgan fingerprint density at radius 1 is 1.24 bits per heavy atom. The number of hydrogen-bond donors (Lipinski definition) is 2. The van der Waals surface area contributed by atoms with Gasteiger partial charge in [0, 0.05) is 16.6 Å². The van der Waals surface area contributed by atoms with Gasteiger partial charge in [-0.2, -0.15) is 0 Å². The van der Waals surface area contributed by atoms with Crippen molar-refractivity contribution in [2.24, 2.45) is 0 Å². The zero-order valence-electron chi connectivity index (χ0n) is 11.3. The molecule has 110 valence electrons. The van der Waals surface area contributed by atoms with Crippen molar-refractivity contribution >= 4 is 28.0 Å². The third kappa shape index (κ3) is 4.31. The van der Waals surface area contributed by atoms with Crippen LogP contribution in [0.1, 0.15) is 17.2 Å². The maximum absolute atomic E-state index is 10.2. The summed E-state index contributed by atoms with van der Waals surface area (Å²) in [7, 11) is 0. The highest BCUT2D eigenvalue weighted by atomic mass is 79.9. The molecule has 2 N–H and O–H groups in total. The van der Waals surface area contributed by atoms with Gasteiger partial charge in [0.15, 0.2) is 0 Å². The molecule has 2 bridgehead atoms. The molecule has 2 aliphatic rings. The minimum absolute atomic E-state index is 0.449. The molecule has 0 unspecified atom stereocenters. The smallest absolute Gasteiger partial charge is 0.211 e. The van der Waals surface area contributed by atoms with Crippen LogP contribution in [0.4, 0.5) is 5.69 Å². The summed E-state index contributed by atoms with van der Waals surface area (Å²) < 4.78 is 5.18. The Balaban J connectivity index is 0.000000170. The third-order valence-corrected chi connectivity index (χ3v) is 3.62. The number of rotatable bonds is 4. The number of aliphatic hydroxyl groups excluding tert-OH is 1. The maximum Gasteiger partial charge on any atom is 0.211 e. The summed E-state index contributed by atoms with van der Waals surface area (Å²) >= 11 is 3.17. The van der Waals surface area contributed by atoms with Crippen LogP contribution < -0.4 is 10.1 Å². The Bertz CT molecular complexity index is 563. The summed E-state index contributed by atoms with van der Waals surface area (Å²) in [5, 5.41) is 12.5. The van der Waals surface area contributed by atoms with Crippen LogP contribution in [0.15, 0.2) is 48.5 Å². The van der Waals surface area contributed by atoms with E-state index < -0.39 is 6.10 Å². The lowest BCUT2D eigenvalue weighted by atomic mass is 10.1. The number of aliphatic hydroxyl groups is 1. The lowest BCUT2D eigenvalue weighted by Gasteiger charge is -2.11. The van der Waals surface area contributed by atoms with Gasteiger partial charge in [-0.25, -0.2) is 0 Å². The number of carbonyl (C=O) groups is 1. The quantitative estimate of drug-likeness (QED) is 0.657. The van der Waals surface area contributed by atoms with Gasteiger partial charge in [-0.15, -0.1) is 0 Å². The first-order valence-electron chi connectivity index (χ1n) is 6.49. The molecule has 0 fully saturated rings. The molecule has 0 saturated heterocycles. The summed E-state index contributed by atoms with van der Waals surface area (Å²) in [5.74, 6) is 0.986. The van der Waals surface area contributed by atoms with Crippen molar-refractivity contribution in [3.63, 3.8) is 0 Å². The number of para-hydroxylation sites is 1. The maximum atomic E-state index is 10.2. The van der Waals surface area contributed by atoms with E-state index in [4.69, 9.17) is 4.74 Å². The molecule has 1 amide bonds. The Labute approximate surface area is 131 Å². The molecule has 1 atom stereocenters. The monoisotopic (exact) mass is 349 g/mol. The zero-order chi connectivity index (χ0) is 15.1. The average Bonchev–Trinajstić information content (AvgIpc) is 2.57. The molecular formula is C16H16BrNO3. The number of hydrogen-bond acceptors (Lipinski definition) is 3. The van der Waals surface area contributed by atoms with E-state index in [0.717, 1.165) is 12.4 Å². The van der Waals surface area contributed by atoms with E-state index in [1.807, 2.05) is 18.2 Å². The van der Waals surface area contributed by atoms with E-state index in [-0.39, 0.29) is 0 Å². The van der Waals surface area contributed by atoms with Crippen molar-refractivity contribution in [1.29, 1.82) is 0 Å². The first kappa shape index (κ1) is 15.5. The molecule has 2 aromatic carbocycles. The minimum atomic E-state index is -0.594. The Morgan fingerprint density at radius 3 is 2.38 bits per heavy atom. The van der Waals surface area contributed by atoms with Crippen molar-refractivity contribution in [3.8, 4) is 5.75 Å². The number of fused-ring (bicyclic) bond motifs is 3. The van der Waals surface area contributed by atoms with E-state index in [1.165, 1.54) is 5.56 Å². The lowest BCUT2D eigenvalue weighted by Crippen LogP contribution is -2.04. The predicted octanol–water partition coefficient (Wildman–Crippen LogP) is 3.26. The highest BCUT2D eigenvalue weighted by molar-refractivity contribution is 9.09. The van der Waals surface area contributed by atoms with Gasteiger partial charge in [-0.1, -0.05) is 46.3 Å². The van der Waals surface area contributed by atoms with Crippen molar-refractivity contribution in [2.45, 2.75) is 12.7 Å². The predicted molar refractivity (Wildman–Crippen MR) is 85.7 cm³/mol. The molecule has 2 aliphatic heterocycles. The van der Waals surface area contributed by atoms with Crippen molar-refractivity contribution in [1.82, 2.24) is 0 Å². The van der Waals surface area contributed by atoms with E-state index in [2.05, 4.69) is 33.4 Å². The highest BCUT2D eigenvalue weighted by Gasteiger charge is 2.09. The summed E-state index contributed by atoms with van der Waals surface area (Å²) in [6, 6.07) is 15.3. The SMILES string of the molecule is O=CNc1ccccc1[C@@H](O)CBr.c1cc2ccc1CO2. The molecule has 2 heterocycles. The Morgan fingerprint density at radius 2 is 1.95 bits per heavy atom. The fourth-order valence-electron chi connectivity index (χ4n) is 1.91. The number of benzene rings is 2. The van der Waals surface area contributed by atoms with Crippen LogP contribution in [0.3, 0.4) is 0 Å². The molecule has 0 aliphatic carbocycles. The number of halogens is 1. The summed E-state index contributed by atoms with van der Waals surface area (Å²) in [6.07, 6.45) is 0.00317. The highest BCUT2D eigenvalue weighted by Crippen LogP contribution is 2.23. The number of carbonyl (C=O) groups excluding carboxylic acids is 1. The van der Waals surface area contributed by atoms with Gasteiger partial charge in [-0.3, -0.25) is 4.79 Å². The second-order valence-electron chi connectivity index (χ2n) is 4.45. The first-order valence-corrected chi connectivity index (χ1v) is 7.61. The molecule has 2 aromatic rings. The standard InChI is InChI=1S/C9H10BrNO2.C7H6O/c10-5-9(13)7-3-1-2-4-8(7)11-6-12;1-3-7-4-2-6(1)5-8-7/h1-4,6,9,13H,5H2,(H,11,12);1-4H,5H2/t9-;/m0./s1. The van der Waals surface area contributed by atoms with E-state index in [1.54, 1.807) is 18.2 Å². The van der Waals surface area contributed by atoms with Gasteiger partial charge in [0.05, 0.1) is 6.10 Å². The number of amides is 1. The fraction of sp³-hybridized carbons (Fsp3) is 0.188. The fourth-order valence-corrected chi connectivity index (χ4v) is 2.26. The van der Waals surface area contributed by atoms with E-state index >= 15 is 0 Å². The molecule has 21 heavy (non-hydrogen) atoms. The molecular weight excluding hydrogens is 334 g/mol. The number of ether oxygens (including phenoxy) is 1. The van der Waals surface area contributed by atoms with Crippen LogP contribution in [0.5, 0.6) is 5.75 Å². The zero-order valence-corrected chi connectivity index (χ0v) is 12.9. The van der Waals surface area contributed by atoms with Crippen LogP contribution in [0, 0.1) is 0 Å². The molecule has 5 heteroatoms. The summed E-state index contributed by atoms with van der Waals surface area (Å²) in [6.45, 7) is 0.766. The van der Waals surface area contributed by atoms with Crippen LogP contribution >= 0.6 is 15.9 Å². The summed E-state index contributed by atoms with van der Waals surface area (Å²) in [4.78, 5) is 10.2. The van der Waals surface area contributed by atoms with Gasteiger partial charge in [0.2, 0.25) is 6.41 Å². The van der Waals surface area contributed by atoms with Crippen molar-refractivity contribution in [3.05, 3.63) is 59.7 Å².